The molecule has 0 bridgehead atoms. The molecule has 1 fully saturated rings. The maximum Gasteiger partial charge on any atom is 0.0408 e. The van der Waals surface area contributed by atoms with Crippen LogP contribution >= 0.6 is 11.6 Å². The summed E-state index contributed by atoms with van der Waals surface area (Å²) in [4.78, 5) is 2.51. The normalized spacial score (nSPS) is 19.1. The third-order valence-corrected chi connectivity index (χ3v) is 4.15. The predicted octanol–water partition coefficient (Wildman–Crippen LogP) is 3.13. The number of likely N-dealkylation sites (N-methyl/N-ethyl adjacent to an activating group) is 1. The Morgan fingerprint density at radius 1 is 1.39 bits per heavy atom. The lowest BCUT2D eigenvalue weighted by Gasteiger charge is -2.33. The van der Waals surface area contributed by atoms with Gasteiger partial charge in [0, 0.05) is 17.6 Å². The highest BCUT2D eigenvalue weighted by atomic mass is 35.5. The van der Waals surface area contributed by atoms with Gasteiger partial charge in [0.15, 0.2) is 0 Å². The Labute approximate surface area is 115 Å². The van der Waals surface area contributed by atoms with E-state index in [0.29, 0.717) is 5.92 Å². The Balaban J connectivity index is 1.91. The first kappa shape index (κ1) is 13.9. The standard InChI is InChI=1S/C15H23ClN2/c1-12(13-4-3-5-14(16)10-13)11-18(2)15-6-8-17-9-7-15/h3-5,10,12,15,17H,6-9,11H2,1-2H3. The van der Waals surface area contributed by atoms with Crippen LogP contribution in [0.3, 0.4) is 0 Å². The molecule has 1 aromatic carbocycles. The summed E-state index contributed by atoms with van der Waals surface area (Å²) < 4.78 is 0. The molecule has 2 rings (SSSR count). The summed E-state index contributed by atoms with van der Waals surface area (Å²) in [5, 5.41) is 4.25. The molecule has 0 amide bonds. The van der Waals surface area contributed by atoms with Crippen LogP contribution in [0.4, 0.5) is 0 Å². The first-order valence-corrected chi connectivity index (χ1v) is 7.21. The highest BCUT2D eigenvalue weighted by molar-refractivity contribution is 6.30. The Kier molecular flexibility index (Phi) is 5.04. The molecule has 3 heteroatoms. The average molecular weight is 267 g/mol. The van der Waals surface area contributed by atoms with Gasteiger partial charge in [0.2, 0.25) is 0 Å². The lowest BCUT2D eigenvalue weighted by molar-refractivity contribution is 0.191. The highest BCUT2D eigenvalue weighted by Gasteiger charge is 2.19. The van der Waals surface area contributed by atoms with E-state index >= 15 is 0 Å². The van der Waals surface area contributed by atoms with Crippen molar-refractivity contribution in [3.63, 3.8) is 0 Å². The zero-order valence-electron chi connectivity index (χ0n) is 11.3. The molecule has 1 unspecified atom stereocenters. The monoisotopic (exact) mass is 266 g/mol. The van der Waals surface area contributed by atoms with E-state index in [-0.39, 0.29) is 0 Å². The first-order valence-electron chi connectivity index (χ1n) is 6.83. The number of nitrogens with one attached hydrogen (secondary N) is 1. The maximum atomic E-state index is 6.05. The summed E-state index contributed by atoms with van der Waals surface area (Å²) in [6.45, 7) is 5.69. The molecule has 100 valence electrons. The predicted molar refractivity (Wildman–Crippen MR) is 78.4 cm³/mol. The third kappa shape index (κ3) is 3.71. The summed E-state index contributed by atoms with van der Waals surface area (Å²) >= 11 is 6.05. The number of hydrogen-bond acceptors (Lipinski definition) is 2. The zero-order chi connectivity index (χ0) is 13.0. The molecule has 2 nitrogen and oxygen atoms in total. The molecule has 0 aromatic heterocycles. The molecule has 18 heavy (non-hydrogen) atoms. The van der Waals surface area contributed by atoms with Crippen molar-refractivity contribution in [2.45, 2.75) is 31.7 Å². The molecule has 0 aliphatic carbocycles. The summed E-state index contributed by atoms with van der Waals surface area (Å²) in [5.74, 6) is 0.531. The lowest BCUT2D eigenvalue weighted by atomic mass is 9.98. The number of hydrogen-bond donors (Lipinski definition) is 1. The van der Waals surface area contributed by atoms with E-state index in [1.54, 1.807) is 0 Å². The second-order valence-electron chi connectivity index (χ2n) is 5.38. The molecule has 0 radical (unpaired) electrons. The second kappa shape index (κ2) is 6.55. The van der Waals surface area contributed by atoms with Crippen molar-refractivity contribution in [3.05, 3.63) is 34.9 Å². The van der Waals surface area contributed by atoms with E-state index < -0.39 is 0 Å². The van der Waals surface area contributed by atoms with Crippen LogP contribution in [0.2, 0.25) is 5.02 Å². The molecule has 1 N–H and O–H groups in total. The van der Waals surface area contributed by atoms with Gasteiger partial charge in [-0.1, -0.05) is 30.7 Å². The van der Waals surface area contributed by atoms with E-state index in [9.17, 15) is 0 Å². The Hall–Kier alpha value is -0.570. The van der Waals surface area contributed by atoms with E-state index in [0.717, 1.165) is 30.7 Å². The molecule has 1 aromatic rings. The third-order valence-electron chi connectivity index (χ3n) is 3.91. The van der Waals surface area contributed by atoms with Gasteiger partial charge >= 0.3 is 0 Å². The van der Waals surface area contributed by atoms with Crippen LogP contribution in [-0.4, -0.2) is 37.6 Å². The molecular formula is C15H23ClN2. The maximum absolute atomic E-state index is 6.05. The molecule has 1 atom stereocenters. The van der Waals surface area contributed by atoms with Gasteiger partial charge in [-0.05, 0) is 56.6 Å². The van der Waals surface area contributed by atoms with Crippen molar-refractivity contribution in [2.24, 2.45) is 0 Å². The van der Waals surface area contributed by atoms with Gasteiger partial charge in [0.25, 0.3) is 0 Å². The summed E-state index contributed by atoms with van der Waals surface area (Å²) in [6.07, 6.45) is 2.53. The van der Waals surface area contributed by atoms with Gasteiger partial charge in [0.1, 0.15) is 0 Å². The van der Waals surface area contributed by atoms with Crippen molar-refractivity contribution in [1.82, 2.24) is 10.2 Å². The minimum absolute atomic E-state index is 0.531. The minimum atomic E-state index is 0.531. The van der Waals surface area contributed by atoms with Crippen LogP contribution in [0.15, 0.2) is 24.3 Å². The quantitative estimate of drug-likeness (QED) is 0.901. The van der Waals surface area contributed by atoms with Crippen LogP contribution in [-0.2, 0) is 0 Å². The molecule has 1 aliphatic rings. The van der Waals surface area contributed by atoms with Gasteiger partial charge in [-0.25, -0.2) is 0 Å². The van der Waals surface area contributed by atoms with E-state index in [1.807, 2.05) is 12.1 Å². The van der Waals surface area contributed by atoms with Crippen molar-refractivity contribution < 1.29 is 0 Å². The first-order chi connectivity index (χ1) is 8.66. The fraction of sp³-hybridized carbons (Fsp3) is 0.600. The molecular weight excluding hydrogens is 244 g/mol. The lowest BCUT2D eigenvalue weighted by Crippen LogP contribution is -2.42. The fourth-order valence-corrected chi connectivity index (χ4v) is 2.95. The number of rotatable bonds is 4. The number of nitrogens with zero attached hydrogens (tertiary/aromatic N) is 1. The summed E-state index contributed by atoms with van der Waals surface area (Å²) in [7, 11) is 2.25. The van der Waals surface area contributed by atoms with E-state index in [4.69, 9.17) is 11.6 Å². The average Bonchev–Trinajstić information content (AvgIpc) is 2.39. The summed E-state index contributed by atoms with van der Waals surface area (Å²) in [5.41, 5.74) is 1.34. The van der Waals surface area contributed by atoms with Gasteiger partial charge < -0.3 is 10.2 Å². The van der Waals surface area contributed by atoms with Crippen molar-refractivity contribution in [1.29, 1.82) is 0 Å². The zero-order valence-corrected chi connectivity index (χ0v) is 12.1. The molecule has 0 saturated carbocycles. The fourth-order valence-electron chi connectivity index (χ4n) is 2.75. The van der Waals surface area contributed by atoms with E-state index in [1.165, 1.54) is 18.4 Å². The number of piperidine rings is 1. The Morgan fingerprint density at radius 3 is 2.78 bits per heavy atom. The van der Waals surface area contributed by atoms with Crippen LogP contribution in [0, 0.1) is 0 Å². The largest absolute Gasteiger partial charge is 0.317 e. The Bertz CT molecular complexity index is 375. The Morgan fingerprint density at radius 2 is 2.11 bits per heavy atom. The molecule has 1 aliphatic heterocycles. The highest BCUT2D eigenvalue weighted by Crippen LogP contribution is 2.21. The van der Waals surface area contributed by atoms with Crippen LogP contribution in [0.25, 0.3) is 0 Å². The number of benzene rings is 1. The van der Waals surface area contributed by atoms with Crippen LogP contribution in [0.1, 0.15) is 31.2 Å². The van der Waals surface area contributed by atoms with Crippen molar-refractivity contribution in [3.8, 4) is 0 Å². The topological polar surface area (TPSA) is 15.3 Å². The molecule has 1 heterocycles. The van der Waals surface area contributed by atoms with Crippen LogP contribution < -0.4 is 5.32 Å². The number of halogens is 1. The van der Waals surface area contributed by atoms with Crippen molar-refractivity contribution >= 4 is 11.6 Å². The second-order valence-corrected chi connectivity index (χ2v) is 5.81. The van der Waals surface area contributed by atoms with E-state index in [2.05, 4.69) is 36.3 Å². The van der Waals surface area contributed by atoms with Gasteiger partial charge in [-0.3, -0.25) is 0 Å². The summed E-state index contributed by atoms with van der Waals surface area (Å²) in [6, 6.07) is 8.97. The van der Waals surface area contributed by atoms with Gasteiger partial charge in [-0.2, -0.15) is 0 Å². The van der Waals surface area contributed by atoms with Crippen molar-refractivity contribution in [2.75, 3.05) is 26.7 Å². The minimum Gasteiger partial charge on any atom is -0.317 e. The smallest absolute Gasteiger partial charge is 0.0408 e. The SMILES string of the molecule is CC(CN(C)C1CCNCC1)c1cccc(Cl)c1. The molecule has 0 spiro atoms. The van der Waals surface area contributed by atoms with Gasteiger partial charge in [0.05, 0.1) is 0 Å². The van der Waals surface area contributed by atoms with Crippen LogP contribution in [0.5, 0.6) is 0 Å². The van der Waals surface area contributed by atoms with Gasteiger partial charge in [-0.15, -0.1) is 0 Å². The molecule has 1 saturated heterocycles.